The zero-order valence-corrected chi connectivity index (χ0v) is 20.5. The zero-order chi connectivity index (χ0) is 19.4. The normalized spacial score (nSPS) is 24.4. The van der Waals surface area contributed by atoms with Crippen LogP contribution in [0.4, 0.5) is 9.59 Å². The standard InChI is InChI=1S/C16H28O4S6/c1-5-19-22-15(17)25-21-10-12(4)13-8-7-11(3)14(9-13)24-26-16(18)23-20-6-2/h11-14H,5-10H2,1-4H3. The van der Waals surface area contributed by atoms with Gasteiger partial charge in [-0.3, -0.25) is 9.59 Å². The third-order valence-electron chi connectivity index (χ3n) is 4.15. The van der Waals surface area contributed by atoms with Crippen LogP contribution < -0.4 is 0 Å². The highest BCUT2D eigenvalue weighted by Crippen LogP contribution is 2.46. The summed E-state index contributed by atoms with van der Waals surface area (Å²) in [6, 6.07) is 0. The zero-order valence-electron chi connectivity index (χ0n) is 15.6. The Morgan fingerprint density at radius 3 is 2.27 bits per heavy atom. The van der Waals surface area contributed by atoms with Crippen molar-refractivity contribution in [3.63, 3.8) is 0 Å². The molecule has 4 unspecified atom stereocenters. The lowest BCUT2D eigenvalue weighted by Crippen LogP contribution is -2.29. The second kappa shape index (κ2) is 15.2. The molecule has 1 saturated carbocycles. The minimum absolute atomic E-state index is 0.0106. The van der Waals surface area contributed by atoms with Crippen LogP contribution in [0.1, 0.15) is 47.0 Å². The summed E-state index contributed by atoms with van der Waals surface area (Å²) in [7, 11) is 5.92. The second-order valence-corrected chi connectivity index (χ2v) is 12.9. The number of hydrogen-bond donors (Lipinski definition) is 0. The molecule has 0 heterocycles. The van der Waals surface area contributed by atoms with Gasteiger partial charge in [0.05, 0.1) is 37.3 Å². The molecule has 0 aliphatic heterocycles. The van der Waals surface area contributed by atoms with Crippen molar-refractivity contribution in [2.24, 2.45) is 17.8 Å². The Labute approximate surface area is 182 Å². The van der Waals surface area contributed by atoms with Gasteiger partial charge in [0.1, 0.15) is 0 Å². The minimum atomic E-state index is 0.0106. The molecule has 0 aromatic heterocycles. The molecule has 26 heavy (non-hydrogen) atoms. The highest BCUT2D eigenvalue weighted by Gasteiger charge is 2.32. The van der Waals surface area contributed by atoms with Crippen molar-refractivity contribution >= 4 is 76.2 Å². The SMILES string of the molecule is CCOSC(=O)SSCC(C)C1CCC(C)C(SSC(=O)SOCC)C1. The number of carbonyl (C=O) groups excluding carboxylic acids is 2. The number of hydrogen-bond acceptors (Lipinski definition) is 10. The molecule has 1 rings (SSSR count). The lowest BCUT2D eigenvalue weighted by Gasteiger charge is -2.36. The first-order valence-electron chi connectivity index (χ1n) is 8.77. The Hall–Kier alpha value is 1.36. The van der Waals surface area contributed by atoms with E-state index in [4.69, 9.17) is 8.37 Å². The first kappa shape index (κ1) is 25.4. The first-order valence-corrected chi connectivity index (χ1v) is 14.8. The molecule has 152 valence electrons. The van der Waals surface area contributed by atoms with Crippen LogP contribution in [0.5, 0.6) is 0 Å². The van der Waals surface area contributed by atoms with Crippen LogP contribution in [0, 0.1) is 17.8 Å². The van der Waals surface area contributed by atoms with Crippen molar-refractivity contribution in [2.45, 2.75) is 52.2 Å². The summed E-state index contributed by atoms with van der Waals surface area (Å²) in [5.74, 6) is 2.81. The summed E-state index contributed by atoms with van der Waals surface area (Å²) in [5, 5.41) is 0.500. The summed E-state index contributed by atoms with van der Waals surface area (Å²) in [6.07, 6.45) is 3.58. The van der Waals surface area contributed by atoms with E-state index in [1.54, 1.807) is 21.6 Å². The Bertz CT molecular complexity index is 426. The quantitative estimate of drug-likeness (QED) is 0.230. The summed E-state index contributed by atoms with van der Waals surface area (Å²) < 4.78 is 10.2. The lowest BCUT2D eigenvalue weighted by atomic mass is 9.77. The molecule has 1 fully saturated rings. The van der Waals surface area contributed by atoms with Crippen molar-refractivity contribution in [3.05, 3.63) is 0 Å². The summed E-state index contributed by atoms with van der Waals surface area (Å²) in [6.45, 7) is 9.41. The van der Waals surface area contributed by atoms with Crippen molar-refractivity contribution < 1.29 is 18.0 Å². The third kappa shape index (κ3) is 10.8. The van der Waals surface area contributed by atoms with Gasteiger partial charge in [0, 0.05) is 11.0 Å². The van der Waals surface area contributed by atoms with E-state index in [1.165, 1.54) is 34.4 Å². The first-order chi connectivity index (χ1) is 12.5. The maximum Gasteiger partial charge on any atom is 0.283 e. The molecule has 0 aromatic carbocycles. The van der Waals surface area contributed by atoms with Crippen LogP contribution in [0.25, 0.3) is 0 Å². The number of rotatable bonds is 10. The average Bonchev–Trinajstić information content (AvgIpc) is 2.63. The Balaban J connectivity index is 2.31. The summed E-state index contributed by atoms with van der Waals surface area (Å²) in [4.78, 5) is 23.4. The molecule has 0 spiro atoms. The maximum atomic E-state index is 11.8. The van der Waals surface area contributed by atoms with Crippen LogP contribution in [0.3, 0.4) is 0 Å². The predicted molar refractivity (Wildman–Crippen MR) is 124 cm³/mol. The summed E-state index contributed by atoms with van der Waals surface area (Å²) in [5.41, 5.74) is 0. The van der Waals surface area contributed by atoms with Crippen LogP contribution in [-0.4, -0.2) is 33.1 Å². The Morgan fingerprint density at radius 2 is 1.65 bits per heavy atom. The molecule has 0 radical (unpaired) electrons. The fourth-order valence-electron chi connectivity index (χ4n) is 2.63. The van der Waals surface area contributed by atoms with Crippen LogP contribution in [0.2, 0.25) is 0 Å². The highest BCUT2D eigenvalue weighted by molar-refractivity contribution is 8.86. The monoisotopic (exact) mass is 476 g/mol. The van der Waals surface area contributed by atoms with Crippen molar-refractivity contribution in [1.82, 2.24) is 0 Å². The third-order valence-corrected chi connectivity index (χ3v) is 11.4. The van der Waals surface area contributed by atoms with E-state index in [1.807, 2.05) is 13.8 Å². The van der Waals surface area contributed by atoms with E-state index >= 15 is 0 Å². The largest absolute Gasteiger partial charge is 0.308 e. The van der Waals surface area contributed by atoms with Crippen molar-refractivity contribution in [2.75, 3.05) is 19.0 Å². The van der Waals surface area contributed by atoms with Gasteiger partial charge in [-0.25, -0.2) is 0 Å². The summed E-state index contributed by atoms with van der Waals surface area (Å²) >= 11 is 1.88. The molecule has 4 atom stereocenters. The molecule has 1 aliphatic rings. The Morgan fingerprint density at radius 1 is 1.04 bits per heavy atom. The topological polar surface area (TPSA) is 52.6 Å². The fraction of sp³-hybridized carbons (Fsp3) is 0.875. The predicted octanol–water partition coefficient (Wildman–Crippen LogP) is 7.80. The van der Waals surface area contributed by atoms with Gasteiger partial charge >= 0.3 is 0 Å². The molecule has 0 saturated heterocycles. The van der Waals surface area contributed by atoms with Gasteiger partial charge < -0.3 is 8.37 Å². The van der Waals surface area contributed by atoms with Crippen LogP contribution >= 0.6 is 67.3 Å². The maximum absolute atomic E-state index is 11.8. The van der Waals surface area contributed by atoms with Gasteiger partial charge in [-0.1, -0.05) is 35.4 Å². The van der Waals surface area contributed by atoms with Crippen molar-refractivity contribution in [3.8, 4) is 0 Å². The molecule has 0 amide bonds. The van der Waals surface area contributed by atoms with Crippen LogP contribution in [-0.2, 0) is 8.37 Å². The van der Waals surface area contributed by atoms with Gasteiger partial charge in [-0.05, 0) is 72.5 Å². The van der Waals surface area contributed by atoms with E-state index < -0.39 is 0 Å². The van der Waals surface area contributed by atoms with Gasteiger partial charge in [-0.15, -0.1) is 0 Å². The lowest BCUT2D eigenvalue weighted by molar-refractivity contribution is 0.245. The fourth-order valence-corrected chi connectivity index (χ4v) is 8.91. The van der Waals surface area contributed by atoms with Crippen LogP contribution in [0.15, 0.2) is 0 Å². The van der Waals surface area contributed by atoms with Gasteiger partial charge in [0.25, 0.3) is 8.89 Å². The second-order valence-electron chi connectivity index (χ2n) is 6.09. The molecule has 1 aliphatic carbocycles. The van der Waals surface area contributed by atoms with E-state index in [9.17, 15) is 9.59 Å². The molecule has 10 heteroatoms. The molecule has 0 bridgehead atoms. The smallest absolute Gasteiger partial charge is 0.283 e. The van der Waals surface area contributed by atoms with E-state index in [-0.39, 0.29) is 8.89 Å². The van der Waals surface area contributed by atoms with Gasteiger partial charge in [0.2, 0.25) is 0 Å². The van der Waals surface area contributed by atoms with E-state index in [2.05, 4.69) is 13.8 Å². The molecule has 4 nitrogen and oxygen atoms in total. The molecule has 0 aromatic rings. The average molecular weight is 477 g/mol. The van der Waals surface area contributed by atoms with Crippen molar-refractivity contribution in [1.29, 1.82) is 0 Å². The highest BCUT2D eigenvalue weighted by atomic mass is 33.1. The van der Waals surface area contributed by atoms with E-state index in [0.29, 0.717) is 36.2 Å². The van der Waals surface area contributed by atoms with Gasteiger partial charge in [0.15, 0.2) is 0 Å². The number of carbonyl (C=O) groups is 2. The Kier molecular flexibility index (Phi) is 14.9. The van der Waals surface area contributed by atoms with E-state index in [0.717, 1.165) is 36.3 Å². The van der Waals surface area contributed by atoms with Gasteiger partial charge in [-0.2, -0.15) is 0 Å². The molecular formula is C16H28O4S6. The molecular weight excluding hydrogens is 449 g/mol. The molecule has 0 N–H and O–H groups in total. The minimum Gasteiger partial charge on any atom is -0.308 e.